The predicted molar refractivity (Wildman–Crippen MR) is 122 cm³/mol. The molecule has 5 rings (SSSR count). The van der Waals surface area contributed by atoms with Crippen LogP contribution >= 0.6 is 0 Å². The molecule has 1 amide bonds. The summed E-state index contributed by atoms with van der Waals surface area (Å²) >= 11 is 0. The van der Waals surface area contributed by atoms with Crippen molar-refractivity contribution in [3.8, 4) is 0 Å². The molecule has 3 heterocycles. The Morgan fingerprint density at radius 1 is 1.18 bits per heavy atom. The lowest BCUT2D eigenvalue weighted by molar-refractivity contribution is -0.0276. The van der Waals surface area contributed by atoms with Crippen LogP contribution in [0.3, 0.4) is 0 Å². The highest BCUT2D eigenvalue weighted by atomic mass is 19.1. The second kappa shape index (κ2) is 9.25. The van der Waals surface area contributed by atoms with Gasteiger partial charge in [-0.15, -0.1) is 0 Å². The van der Waals surface area contributed by atoms with Crippen LogP contribution in [-0.4, -0.2) is 48.3 Å². The lowest BCUT2D eigenvalue weighted by atomic mass is 9.84. The van der Waals surface area contributed by atoms with Gasteiger partial charge in [-0.1, -0.05) is 18.2 Å². The van der Waals surface area contributed by atoms with Crippen LogP contribution in [0.4, 0.5) is 4.39 Å². The van der Waals surface area contributed by atoms with Gasteiger partial charge in [0.15, 0.2) is 5.76 Å². The zero-order valence-corrected chi connectivity index (χ0v) is 18.6. The van der Waals surface area contributed by atoms with E-state index in [-0.39, 0.29) is 23.6 Å². The Bertz CT molecular complexity index is 1130. The summed E-state index contributed by atoms with van der Waals surface area (Å²) in [5.41, 5.74) is 1.44. The molecule has 0 radical (unpaired) electrons. The number of hydrogen-bond donors (Lipinski definition) is 2. The standard InChI is InChI=1S/C26H29FN2O4/c27-21-4-1-3-18(13-21)17-29-10-8-26(31,9-11-29)20-6-7-23-19(14-20)15-24(33-23)25(30)28-16-22-5-2-12-32-22/h1,3-4,6-7,13-15,22,31H,2,5,8-12,16-17H2,(H,28,30). The minimum Gasteiger partial charge on any atom is -0.451 e. The number of fused-ring (bicyclic) bond motifs is 1. The van der Waals surface area contributed by atoms with Crippen LogP contribution in [0.15, 0.2) is 52.9 Å². The molecule has 2 aliphatic rings. The second-order valence-electron chi connectivity index (χ2n) is 9.15. The summed E-state index contributed by atoms with van der Waals surface area (Å²) in [6.45, 7) is 3.33. The van der Waals surface area contributed by atoms with Gasteiger partial charge < -0.3 is 19.6 Å². The minimum absolute atomic E-state index is 0.0750. The summed E-state index contributed by atoms with van der Waals surface area (Å²) in [5, 5.41) is 15.0. The Morgan fingerprint density at radius 3 is 2.79 bits per heavy atom. The Labute approximate surface area is 192 Å². The number of halogens is 1. The summed E-state index contributed by atoms with van der Waals surface area (Å²) in [7, 11) is 0. The van der Waals surface area contributed by atoms with Crippen molar-refractivity contribution in [2.45, 2.75) is 43.9 Å². The van der Waals surface area contributed by atoms with E-state index in [0.29, 0.717) is 44.6 Å². The van der Waals surface area contributed by atoms with E-state index in [1.165, 1.54) is 6.07 Å². The van der Waals surface area contributed by atoms with Crippen molar-refractivity contribution in [3.63, 3.8) is 0 Å². The fourth-order valence-corrected chi connectivity index (χ4v) is 4.81. The number of benzene rings is 2. The maximum absolute atomic E-state index is 13.5. The summed E-state index contributed by atoms with van der Waals surface area (Å²) in [4.78, 5) is 14.7. The fraction of sp³-hybridized carbons (Fsp3) is 0.423. The van der Waals surface area contributed by atoms with Crippen LogP contribution in [0.25, 0.3) is 11.0 Å². The van der Waals surface area contributed by atoms with Crippen molar-refractivity contribution in [2.75, 3.05) is 26.2 Å². The fourth-order valence-electron chi connectivity index (χ4n) is 4.81. The van der Waals surface area contributed by atoms with E-state index in [2.05, 4.69) is 10.2 Å². The molecule has 0 spiro atoms. The van der Waals surface area contributed by atoms with Crippen molar-refractivity contribution < 1.29 is 23.4 Å². The van der Waals surface area contributed by atoms with E-state index in [9.17, 15) is 14.3 Å². The largest absolute Gasteiger partial charge is 0.451 e. The van der Waals surface area contributed by atoms with Gasteiger partial charge in [-0.3, -0.25) is 9.69 Å². The van der Waals surface area contributed by atoms with Crippen molar-refractivity contribution in [2.24, 2.45) is 0 Å². The number of nitrogens with zero attached hydrogens (tertiary/aromatic N) is 1. The number of furan rings is 1. The molecule has 6 nitrogen and oxygen atoms in total. The van der Waals surface area contributed by atoms with E-state index < -0.39 is 5.60 Å². The Hall–Kier alpha value is -2.74. The topological polar surface area (TPSA) is 74.9 Å². The maximum atomic E-state index is 13.5. The number of likely N-dealkylation sites (tertiary alicyclic amines) is 1. The molecule has 2 saturated heterocycles. The monoisotopic (exact) mass is 452 g/mol. The zero-order valence-electron chi connectivity index (χ0n) is 18.6. The lowest BCUT2D eigenvalue weighted by Crippen LogP contribution is -2.42. The molecule has 174 valence electrons. The quantitative estimate of drug-likeness (QED) is 0.592. The molecule has 1 aromatic heterocycles. The van der Waals surface area contributed by atoms with Gasteiger partial charge in [0.1, 0.15) is 11.4 Å². The highest BCUT2D eigenvalue weighted by Crippen LogP contribution is 2.35. The van der Waals surface area contributed by atoms with E-state index in [1.54, 1.807) is 18.2 Å². The van der Waals surface area contributed by atoms with E-state index in [4.69, 9.17) is 9.15 Å². The van der Waals surface area contributed by atoms with Crippen molar-refractivity contribution in [3.05, 3.63) is 71.2 Å². The molecule has 1 atom stereocenters. The molecule has 0 aliphatic carbocycles. The first kappa shape index (κ1) is 22.1. The molecular weight excluding hydrogens is 423 g/mol. The molecular formula is C26H29FN2O4. The highest BCUT2D eigenvalue weighted by molar-refractivity contribution is 5.96. The van der Waals surface area contributed by atoms with Crippen LogP contribution in [0.5, 0.6) is 0 Å². The van der Waals surface area contributed by atoms with E-state index >= 15 is 0 Å². The van der Waals surface area contributed by atoms with Gasteiger partial charge in [0.25, 0.3) is 5.91 Å². The van der Waals surface area contributed by atoms with Gasteiger partial charge in [-0.2, -0.15) is 0 Å². The third kappa shape index (κ3) is 4.95. The van der Waals surface area contributed by atoms with E-state index in [1.807, 2.05) is 24.3 Å². The first-order valence-electron chi connectivity index (χ1n) is 11.6. The number of hydrogen-bond acceptors (Lipinski definition) is 5. The van der Waals surface area contributed by atoms with Gasteiger partial charge in [0.2, 0.25) is 0 Å². The van der Waals surface area contributed by atoms with Crippen molar-refractivity contribution in [1.29, 1.82) is 0 Å². The van der Waals surface area contributed by atoms with E-state index in [0.717, 1.165) is 36.0 Å². The first-order chi connectivity index (χ1) is 16.0. The molecule has 1 unspecified atom stereocenters. The third-order valence-corrected chi connectivity index (χ3v) is 6.77. The zero-order chi connectivity index (χ0) is 22.8. The number of rotatable bonds is 6. The molecule has 3 aromatic rings. The number of aliphatic hydroxyl groups is 1. The minimum atomic E-state index is -0.938. The Morgan fingerprint density at radius 2 is 2.03 bits per heavy atom. The number of carbonyl (C=O) groups excluding carboxylic acids is 1. The van der Waals surface area contributed by atoms with Gasteiger partial charge >= 0.3 is 0 Å². The average molecular weight is 453 g/mol. The molecule has 2 fully saturated rings. The van der Waals surface area contributed by atoms with Crippen LogP contribution in [0.2, 0.25) is 0 Å². The Balaban J connectivity index is 1.23. The van der Waals surface area contributed by atoms with Gasteiger partial charge in [0.05, 0.1) is 11.7 Å². The van der Waals surface area contributed by atoms with Crippen LogP contribution in [0.1, 0.15) is 47.4 Å². The number of amides is 1. The average Bonchev–Trinajstić information content (AvgIpc) is 3.48. The third-order valence-electron chi connectivity index (χ3n) is 6.77. The number of ether oxygens (including phenoxy) is 1. The van der Waals surface area contributed by atoms with Crippen LogP contribution in [-0.2, 0) is 16.9 Å². The Kier molecular flexibility index (Phi) is 6.19. The molecule has 33 heavy (non-hydrogen) atoms. The highest BCUT2D eigenvalue weighted by Gasteiger charge is 2.34. The molecule has 0 bridgehead atoms. The van der Waals surface area contributed by atoms with Crippen LogP contribution in [0, 0.1) is 5.82 Å². The first-order valence-corrected chi connectivity index (χ1v) is 11.6. The molecule has 2 aliphatic heterocycles. The van der Waals surface area contributed by atoms with Crippen molar-refractivity contribution in [1.82, 2.24) is 10.2 Å². The van der Waals surface area contributed by atoms with Gasteiger partial charge in [-0.05, 0) is 67.1 Å². The molecule has 2 N–H and O–H groups in total. The smallest absolute Gasteiger partial charge is 0.287 e. The predicted octanol–water partition coefficient (Wildman–Crippen LogP) is 3.96. The molecule has 0 saturated carbocycles. The normalized spacial score (nSPS) is 20.8. The summed E-state index contributed by atoms with van der Waals surface area (Å²) in [5.74, 6) is -0.223. The summed E-state index contributed by atoms with van der Waals surface area (Å²) in [6, 6.07) is 14.0. The SMILES string of the molecule is O=C(NCC1CCCO1)c1cc2cc(C3(O)CCN(Cc4cccc(F)c4)CC3)ccc2o1. The number of piperidine rings is 1. The van der Waals surface area contributed by atoms with Crippen LogP contribution < -0.4 is 5.32 Å². The summed E-state index contributed by atoms with van der Waals surface area (Å²) < 4.78 is 24.7. The summed E-state index contributed by atoms with van der Waals surface area (Å²) in [6.07, 6.45) is 3.23. The van der Waals surface area contributed by atoms with Gasteiger partial charge in [0, 0.05) is 38.2 Å². The lowest BCUT2D eigenvalue weighted by Gasteiger charge is -2.38. The maximum Gasteiger partial charge on any atom is 0.287 e. The number of carbonyl (C=O) groups is 1. The molecule has 7 heteroatoms. The second-order valence-corrected chi connectivity index (χ2v) is 9.15. The molecule has 2 aromatic carbocycles. The van der Waals surface area contributed by atoms with Gasteiger partial charge in [-0.25, -0.2) is 4.39 Å². The number of nitrogens with one attached hydrogen (secondary N) is 1. The van der Waals surface area contributed by atoms with Crippen molar-refractivity contribution >= 4 is 16.9 Å².